The van der Waals surface area contributed by atoms with Gasteiger partial charge in [-0.15, -0.1) is 0 Å². The number of aryl methyl sites for hydroxylation is 1. The lowest BCUT2D eigenvalue weighted by Gasteiger charge is -2.07. The van der Waals surface area contributed by atoms with E-state index in [4.69, 9.17) is 5.11 Å². The van der Waals surface area contributed by atoms with Gasteiger partial charge in [0.05, 0.1) is 11.1 Å². The number of rotatable bonds is 5. The summed E-state index contributed by atoms with van der Waals surface area (Å²) < 4.78 is 15.2. The summed E-state index contributed by atoms with van der Waals surface area (Å²) in [4.78, 5) is 22.8. The number of benzene rings is 2. The number of aromatic nitrogens is 1. The number of amides is 1. The van der Waals surface area contributed by atoms with E-state index in [-0.39, 0.29) is 23.7 Å². The summed E-state index contributed by atoms with van der Waals surface area (Å²) in [6.07, 6.45) is 2.04. The number of hydrogen-bond donors (Lipinski definition) is 2. The van der Waals surface area contributed by atoms with Crippen LogP contribution in [-0.4, -0.2) is 21.6 Å². The van der Waals surface area contributed by atoms with Gasteiger partial charge in [0, 0.05) is 24.8 Å². The van der Waals surface area contributed by atoms with Crippen LogP contribution in [-0.2, 0) is 11.3 Å². The number of carbonyl (C=O) groups is 2. The van der Waals surface area contributed by atoms with Gasteiger partial charge in [-0.25, -0.2) is 9.18 Å². The van der Waals surface area contributed by atoms with Crippen molar-refractivity contribution in [2.75, 3.05) is 5.32 Å². The molecular weight excluding hydrogens is 311 g/mol. The second kappa shape index (κ2) is 6.54. The van der Waals surface area contributed by atoms with Gasteiger partial charge in [0.15, 0.2) is 0 Å². The lowest BCUT2D eigenvalue weighted by molar-refractivity contribution is -0.116. The second-order valence-electron chi connectivity index (χ2n) is 5.39. The zero-order valence-electron chi connectivity index (χ0n) is 12.7. The van der Waals surface area contributed by atoms with Gasteiger partial charge in [0.1, 0.15) is 5.82 Å². The van der Waals surface area contributed by atoms with Gasteiger partial charge >= 0.3 is 5.97 Å². The standard InChI is InChI=1S/C18H15FN2O3/c19-14-4-1-12-7-9-21(16(12)11-14)10-8-17(22)20-15-5-2-13(3-6-15)18(23)24/h1-7,9,11H,8,10H2,(H,20,22)(H,23,24). The number of carboxylic acid groups (broad SMARTS) is 1. The molecule has 0 atom stereocenters. The van der Waals surface area contributed by atoms with Crippen molar-refractivity contribution in [3.63, 3.8) is 0 Å². The molecule has 122 valence electrons. The summed E-state index contributed by atoms with van der Waals surface area (Å²) in [5.74, 6) is -1.53. The number of carboxylic acids is 1. The van der Waals surface area contributed by atoms with Crippen LogP contribution >= 0.6 is 0 Å². The topological polar surface area (TPSA) is 71.3 Å². The zero-order chi connectivity index (χ0) is 17.1. The molecule has 3 aromatic rings. The average molecular weight is 326 g/mol. The SMILES string of the molecule is O=C(CCn1ccc2ccc(F)cc21)Nc1ccc(C(=O)O)cc1. The Balaban J connectivity index is 1.62. The highest BCUT2D eigenvalue weighted by Crippen LogP contribution is 2.17. The molecule has 2 aromatic carbocycles. The first-order chi connectivity index (χ1) is 11.5. The Morgan fingerprint density at radius 3 is 2.54 bits per heavy atom. The van der Waals surface area contributed by atoms with Crippen molar-refractivity contribution in [3.8, 4) is 0 Å². The molecule has 1 heterocycles. The van der Waals surface area contributed by atoms with Gasteiger partial charge in [0.2, 0.25) is 5.91 Å². The first-order valence-electron chi connectivity index (χ1n) is 7.40. The van der Waals surface area contributed by atoms with Crippen LogP contribution in [0.5, 0.6) is 0 Å². The Morgan fingerprint density at radius 2 is 1.83 bits per heavy atom. The van der Waals surface area contributed by atoms with Crippen LogP contribution in [0, 0.1) is 5.82 Å². The Bertz CT molecular complexity index is 900. The minimum absolute atomic E-state index is 0.161. The molecular formula is C18H15FN2O3. The maximum absolute atomic E-state index is 13.3. The number of halogens is 1. The van der Waals surface area contributed by atoms with Crippen LogP contribution in [0.2, 0.25) is 0 Å². The van der Waals surface area contributed by atoms with Crippen molar-refractivity contribution in [1.29, 1.82) is 0 Å². The van der Waals surface area contributed by atoms with E-state index in [1.165, 1.54) is 24.3 Å². The quantitative estimate of drug-likeness (QED) is 0.754. The van der Waals surface area contributed by atoms with E-state index in [0.717, 1.165) is 10.9 Å². The molecule has 0 spiro atoms. The summed E-state index contributed by atoms with van der Waals surface area (Å²) in [5.41, 5.74) is 1.44. The molecule has 0 bridgehead atoms. The predicted molar refractivity (Wildman–Crippen MR) is 88.5 cm³/mol. The maximum Gasteiger partial charge on any atom is 0.335 e. The predicted octanol–water partition coefficient (Wildman–Crippen LogP) is 3.51. The lowest BCUT2D eigenvalue weighted by Crippen LogP contribution is -2.14. The zero-order valence-corrected chi connectivity index (χ0v) is 12.7. The highest BCUT2D eigenvalue weighted by molar-refractivity contribution is 5.92. The molecule has 0 radical (unpaired) electrons. The smallest absolute Gasteiger partial charge is 0.335 e. The average Bonchev–Trinajstić information content (AvgIpc) is 2.95. The number of carbonyl (C=O) groups excluding carboxylic acids is 1. The van der Waals surface area contributed by atoms with E-state index < -0.39 is 5.97 Å². The molecule has 24 heavy (non-hydrogen) atoms. The maximum atomic E-state index is 13.3. The largest absolute Gasteiger partial charge is 0.478 e. The van der Waals surface area contributed by atoms with E-state index >= 15 is 0 Å². The van der Waals surface area contributed by atoms with Gasteiger partial charge < -0.3 is 15.0 Å². The Labute approximate surface area is 137 Å². The number of anilines is 1. The van der Waals surface area contributed by atoms with Crippen LogP contribution in [0.1, 0.15) is 16.8 Å². The van der Waals surface area contributed by atoms with E-state index in [1.54, 1.807) is 18.2 Å². The minimum Gasteiger partial charge on any atom is -0.478 e. The molecule has 0 aliphatic rings. The fraction of sp³-hybridized carbons (Fsp3) is 0.111. The van der Waals surface area contributed by atoms with Crippen molar-refractivity contribution >= 4 is 28.5 Å². The van der Waals surface area contributed by atoms with Gasteiger partial charge in [-0.3, -0.25) is 4.79 Å². The summed E-state index contributed by atoms with van der Waals surface area (Å²) >= 11 is 0. The highest BCUT2D eigenvalue weighted by atomic mass is 19.1. The molecule has 0 aliphatic carbocycles. The molecule has 3 rings (SSSR count). The monoisotopic (exact) mass is 326 g/mol. The van der Waals surface area contributed by atoms with Crippen LogP contribution in [0.3, 0.4) is 0 Å². The minimum atomic E-state index is -1.01. The number of hydrogen-bond acceptors (Lipinski definition) is 2. The van der Waals surface area contributed by atoms with Crippen LogP contribution < -0.4 is 5.32 Å². The Morgan fingerprint density at radius 1 is 1.08 bits per heavy atom. The molecule has 0 fully saturated rings. The van der Waals surface area contributed by atoms with E-state index in [9.17, 15) is 14.0 Å². The van der Waals surface area contributed by atoms with Crippen molar-refractivity contribution in [1.82, 2.24) is 4.57 Å². The van der Waals surface area contributed by atoms with Gasteiger partial charge in [-0.1, -0.05) is 0 Å². The van der Waals surface area contributed by atoms with E-state index in [1.807, 2.05) is 16.8 Å². The molecule has 1 amide bonds. The third-order valence-corrected chi connectivity index (χ3v) is 3.73. The van der Waals surface area contributed by atoms with Crippen molar-refractivity contribution in [3.05, 3.63) is 66.1 Å². The van der Waals surface area contributed by atoms with E-state index in [0.29, 0.717) is 12.2 Å². The molecule has 0 unspecified atom stereocenters. The molecule has 5 nitrogen and oxygen atoms in total. The third kappa shape index (κ3) is 3.43. The number of nitrogens with zero attached hydrogens (tertiary/aromatic N) is 1. The summed E-state index contributed by atoms with van der Waals surface area (Å²) in [6, 6.07) is 12.4. The van der Waals surface area contributed by atoms with Crippen molar-refractivity contribution in [2.45, 2.75) is 13.0 Å². The number of nitrogens with one attached hydrogen (secondary N) is 1. The molecule has 0 aliphatic heterocycles. The Kier molecular flexibility index (Phi) is 4.29. The summed E-state index contributed by atoms with van der Waals surface area (Å²) in [7, 11) is 0. The third-order valence-electron chi connectivity index (χ3n) is 3.73. The molecule has 0 saturated heterocycles. The molecule has 0 saturated carbocycles. The second-order valence-corrected chi connectivity index (χ2v) is 5.39. The summed E-state index contributed by atoms with van der Waals surface area (Å²) in [6.45, 7) is 0.423. The van der Waals surface area contributed by atoms with Crippen LogP contribution in [0.15, 0.2) is 54.7 Å². The van der Waals surface area contributed by atoms with Crippen molar-refractivity contribution < 1.29 is 19.1 Å². The number of fused-ring (bicyclic) bond motifs is 1. The fourth-order valence-electron chi connectivity index (χ4n) is 2.49. The van der Waals surface area contributed by atoms with Crippen molar-refractivity contribution in [2.24, 2.45) is 0 Å². The van der Waals surface area contributed by atoms with E-state index in [2.05, 4.69) is 5.32 Å². The van der Waals surface area contributed by atoms with Crippen LogP contribution in [0.25, 0.3) is 10.9 Å². The van der Waals surface area contributed by atoms with Gasteiger partial charge in [0.25, 0.3) is 0 Å². The van der Waals surface area contributed by atoms with Gasteiger partial charge in [-0.05, 0) is 53.9 Å². The molecule has 2 N–H and O–H groups in total. The molecule has 6 heteroatoms. The highest BCUT2D eigenvalue weighted by Gasteiger charge is 2.07. The summed E-state index contributed by atoms with van der Waals surface area (Å²) in [5, 5.41) is 12.5. The number of aromatic carboxylic acids is 1. The first kappa shape index (κ1) is 15.7. The van der Waals surface area contributed by atoms with Crippen LogP contribution in [0.4, 0.5) is 10.1 Å². The normalized spacial score (nSPS) is 10.7. The first-order valence-corrected chi connectivity index (χ1v) is 7.40. The fourth-order valence-corrected chi connectivity index (χ4v) is 2.49. The Hall–Kier alpha value is -3.15. The van der Waals surface area contributed by atoms with Gasteiger partial charge in [-0.2, -0.15) is 0 Å². The lowest BCUT2D eigenvalue weighted by atomic mass is 10.2. The molecule has 1 aromatic heterocycles.